The molecule has 8 nitrogen and oxygen atoms in total. The molecule has 1 N–H and O–H groups in total. The number of likely N-dealkylation sites (tertiary alicyclic amines) is 1. The molecule has 2 saturated heterocycles. The summed E-state index contributed by atoms with van der Waals surface area (Å²) < 4.78 is 11.9. The molecule has 2 amide bonds. The molecule has 4 heterocycles. The van der Waals surface area contributed by atoms with Crippen molar-refractivity contribution in [1.29, 1.82) is 0 Å². The molecule has 1 spiro atoms. The van der Waals surface area contributed by atoms with Crippen molar-refractivity contribution in [3.8, 4) is 0 Å². The molecule has 4 aliphatic rings. The highest BCUT2D eigenvalue weighted by Gasteiger charge is 2.71. The molecule has 0 radical (unpaired) electrons. The lowest BCUT2D eigenvalue weighted by molar-refractivity contribution is -0.154. The number of nitrogens with zero attached hydrogens (tertiary/aromatic N) is 2. The summed E-state index contributed by atoms with van der Waals surface area (Å²) >= 11 is 0. The highest BCUT2D eigenvalue weighted by molar-refractivity contribution is 6.06. The van der Waals surface area contributed by atoms with Gasteiger partial charge in [-0.1, -0.05) is 54.6 Å². The molecular weight excluding hydrogens is 448 g/mol. The van der Waals surface area contributed by atoms with Crippen molar-refractivity contribution in [3.05, 3.63) is 66.8 Å². The lowest BCUT2D eigenvalue weighted by Gasteiger charge is -2.35. The predicted octanol–water partition coefficient (Wildman–Crippen LogP) is 1.82. The van der Waals surface area contributed by atoms with Crippen molar-refractivity contribution in [2.75, 3.05) is 31.2 Å². The standard InChI is InChI=1S/C27H26N2O6/c30-14-13-29-23-25(32)28(19-10-9-17-6-1-2-7-18(17)16-19)12-5-11-27(23)22(24(29)31)21-20(35-27)8-3-4-15-34-26(21)33/h1-3,5-11,16,20-23,30H,4,12-15H2/t20-,21+,22-,23?,27-/m0/s1. The second kappa shape index (κ2) is 8.32. The van der Waals surface area contributed by atoms with E-state index in [1.807, 2.05) is 60.7 Å². The fourth-order valence-electron chi connectivity index (χ4n) is 6.03. The Labute approximate surface area is 202 Å². The molecule has 8 heteroatoms. The van der Waals surface area contributed by atoms with Gasteiger partial charge in [0, 0.05) is 18.8 Å². The number of aliphatic hydroxyl groups excluding tert-OH is 1. The van der Waals surface area contributed by atoms with Crippen LogP contribution in [-0.4, -0.2) is 71.8 Å². The van der Waals surface area contributed by atoms with Crippen LogP contribution in [0.15, 0.2) is 66.8 Å². The number of carbonyl (C=O) groups excluding carboxylic acids is 3. The molecule has 2 fully saturated rings. The zero-order valence-corrected chi connectivity index (χ0v) is 19.1. The normalized spacial score (nSPS) is 32.1. The molecule has 0 bridgehead atoms. The number of ether oxygens (including phenoxy) is 2. The summed E-state index contributed by atoms with van der Waals surface area (Å²) in [7, 11) is 0. The summed E-state index contributed by atoms with van der Waals surface area (Å²) in [5.41, 5.74) is -0.614. The Bertz CT molecular complexity index is 1270. The van der Waals surface area contributed by atoms with E-state index in [0.29, 0.717) is 18.7 Å². The van der Waals surface area contributed by atoms with E-state index in [9.17, 15) is 19.5 Å². The number of aliphatic hydroxyl groups is 1. The Morgan fingerprint density at radius 3 is 2.69 bits per heavy atom. The molecule has 0 aromatic heterocycles. The van der Waals surface area contributed by atoms with E-state index in [4.69, 9.17) is 9.47 Å². The van der Waals surface area contributed by atoms with Crippen LogP contribution in [0.3, 0.4) is 0 Å². The predicted molar refractivity (Wildman–Crippen MR) is 127 cm³/mol. The highest BCUT2D eigenvalue weighted by atomic mass is 16.6. The van der Waals surface area contributed by atoms with Gasteiger partial charge in [-0.25, -0.2) is 0 Å². The SMILES string of the molecule is O=C1OCCC=C[C@@H]2O[C@]34C=CCN(c5ccc6ccccc6c5)C(=O)C3N(CCO)C(=O)[C@@H]4[C@H]12. The summed E-state index contributed by atoms with van der Waals surface area (Å²) in [6.45, 7) is 0.192. The number of anilines is 1. The molecule has 5 atom stereocenters. The molecule has 2 aromatic rings. The number of fused-ring (bicyclic) bond motifs is 3. The molecule has 0 aliphatic carbocycles. The third-order valence-corrected chi connectivity index (χ3v) is 7.51. The summed E-state index contributed by atoms with van der Waals surface area (Å²) in [6.07, 6.45) is 7.21. The summed E-state index contributed by atoms with van der Waals surface area (Å²) in [5.74, 6) is -2.93. The number of esters is 1. The van der Waals surface area contributed by atoms with Gasteiger partial charge >= 0.3 is 5.97 Å². The minimum Gasteiger partial charge on any atom is -0.465 e. The van der Waals surface area contributed by atoms with Gasteiger partial charge in [-0.2, -0.15) is 0 Å². The second-order valence-corrected chi connectivity index (χ2v) is 9.36. The van der Waals surface area contributed by atoms with Crippen LogP contribution >= 0.6 is 0 Å². The molecule has 1 unspecified atom stereocenters. The van der Waals surface area contributed by atoms with E-state index in [1.165, 1.54) is 4.90 Å². The van der Waals surface area contributed by atoms with Crippen LogP contribution in [0.4, 0.5) is 5.69 Å². The maximum atomic E-state index is 14.2. The monoisotopic (exact) mass is 474 g/mol. The smallest absolute Gasteiger partial charge is 0.312 e. The number of β-amino-alcohol motifs (C(OH)–C–C–N with tert-alkyl or cyclic N) is 1. The molecule has 6 rings (SSSR count). The number of rotatable bonds is 3. The van der Waals surface area contributed by atoms with Crippen LogP contribution < -0.4 is 4.90 Å². The van der Waals surface area contributed by atoms with Gasteiger partial charge in [0.15, 0.2) is 0 Å². The molecular formula is C27H26N2O6. The maximum absolute atomic E-state index is 14.2. The van der Waals surface area contributed by atoms with Crippen LogP contribution in [0.2, 0.25) is 0 Å². The Balaban J connectivity index is 1.45. The lowest BCUT2D eigenvalue weighted by atomic mass is 9.77. The van der Waals surface area contributed by atoms with Gasteiger partial charge in [0.1, 0.15) is 17.6 Å². The van der Waals surface area contributed by atoms with Crippen molar-refractivity contribution >= 4 is 34.2 Å². The Morgan fingerprint density at radius 2 is 1.86 bits per heavy atom. The molecule has 180 valence electrons. The average Bonchev–Trinajstić information content (AvgIpc) is 3.22. The minimum absolute atomic E-state index is 0.0292. The second-order valence-electron chi connectivity index (χ2n) is 9.36. The summed E-state index contributed by atoms with van der Waals surface area (Å²) in [4.78, 5) is 43.9. The van der Waals surface area contributed by atoms with Gasteiger partial charge in [0.25, 0.3) is 5.91 Å². The van der Waals surface area contributed by atoms with Gasteiger partial charge in [-0.3, -0.25) is 14.4 Å². The lowest BCUT2D eigenvalue weighted by Crippen LogP contribution is -2.55. The van der Waals surface area contributed by atoms with Crippen molar-refractivity contribution in [2.45, 2.75) is 24.2 Å². The first kappa shape index (κ1) is 22.0. The topological polar surface area (TPSA) is 96.4 Å². The van der Waals surface area contributed by atoms with E-state index in [1.54, 1.807) is 11.0 Å². The summed E-state index contributed by atoms with van der Waals surface area (Å²) in [5, 5.41) is 11.8. The number of hydrogen-bond donors (Lipinski definition) is 1. The van der Waals surface area contributed by atoms with Crippen LogP contribution in [0, 0.1) is 11.8 Å². The number of hydrogen-bond acceptors (Lipinski definition) is 6. The third kappa shape index (κ3) is 3.24. The Hall–Kier alpha value is -3.49. The first-order chi connectivity index (χ1) is 17.0. The fourth-order valence-corrected chi connectivity index (χ4v) is 6.03. The van der Waals surface area contributed by atoms with E-state index >= 15 is 0 Å². The van der Waals surface area contributed by atoms with Crippen molar-refractivity contribution in [3.63, 3.8) is 0 Å². The highest BCUT2D eigenvalue weighted by Crippen LogP contribution is 2.53. The molecule has 0 saturated carbocycles. The zero-order valence-electron chi connectivity index (χ0n) is 19.1. The molecule has 2 aromatic carbocycles. The van der Waals surface area contributed by atoms with Crippen LogP contribution in [0.1, 0.15) is 6.42 Å². The van der Waals surface area contributed by atoms with Crippen molar-refractivity contribution in [1.82, 2.24) is 4.90 Å². The number of benzene rings is 2. The van der Waals surface area contributed by atoms with Gasteiger partial charge < -0.3 is 24.4 Å². The first-order valence-corrected chi connectivity index (χ1v) is 12.0. The first-order valence-electron chi connectivity index (χ1n) is 12.0. The Morgan fingerprint density at radius 1 is 1.03 bits per heavy atom. The van der Waals surface area contributed by atoms with Gasteiger partial charge in [0.2, 0.25) is 5.91 Å². The van der Waals surface area contributed by atoms with Crippen molar-refractivity contribution in [2.24, 2.45) is 11.8 Å². The van der Waals surface area contributed by atoms with Crippen LogP contribution in [0.25, 0.3) is 10.8 Å². The van der Waals surface area contributed by atoms with Crippen LogP contribution in [0.5, 0.6) is 0 Å². The zero-order chi connectivity index (χ0) is 24.2. The largest absolute Gasteiger partial charge is 0.465 e. The van der Waals surface area contributed by atoms with Gasteiger partial charge in [-0.05, 0) is 29.3 Å². The van der Waals surface area contributed by atoms with Gasteiger partial charge in [0.05, 0.1) is 25.2 Å². The summed E-state index contributed by atoms with van der Waals surface area (Å²) in [6, 6.07) is 12.7. The van der Waals surface area contributed by atoms with E-state index in [0.717, 1.165) is 10.8 Å². The average molecular weight is 475 g/mol. The Kier molecular flexibility index (Phi) is 5.23. The number of carbonyl (C=O) groups is 3. The van der Waals surface area contributed by atoms with E-state index < -0.39 is 35.6 Å². The van der Waals surface area contributed by atoms with Crippen LogP contribution in [-0.2, 0) is 23.9 Å². The molecule has 35 heavy (non-hydrogen) atoms. The quantitative estimate of drug-likeness (QED) is 0.539. The van der Waals surface area contributed by atoms with E-state index in [-0.39, 0.29) is 31.6 Å². The number of amides is 2. The molecule has 4 aliphatic heterocycles. The van der Waals surface area contributed by atoms with E-state index in [2.05, 4.69) is 0 Å². The van der Waals surface area contributed by atoms with Gasteiger partial charge in [-0.15, -0.1) is 0 Å². The fraction of sp³-hybridized carbons (Fsp3) is 0.370. The minimum atomic E-state index is -1.32. The number of cyclic esters (lactones) is 1. The third-order valence-electron chi connectivity index (χ3n) is 7.51. The van der Waals surface area contributed by atoms with Crippen molar-refractivity contribution < 1.29 is 29.0 Å². The maximum Gasteiger partial charge on any atom is 0.312 e.